The molecule has 0 fully saturated rings. The first-order chi connectivity index (χ1) is 14.2. The van der Waals surface area contributed by atoms with Gasteiger partial charge in [0.15, 0.2) is 0 Å². The third kappa shape index (κ3) is 3.71. The van der Waals surface area contributed by atoms with Crippen LogP contribution >= 0.6 is 0 Å². The van der Waals surface area contributed by atoms with Gasteiger partial charge in [0, 0.05) is 16.8 Å². The lowest BCUT2D eigenvalue weighted by molar-refractivity contribution is -0.117. The molecule has 1 aromatic heterocycles. The summed E-state index contributed by atoms with van der Waals surface area (Å²) in [7, 11) is -3.65. The Bertz CT molecular complexity index is 1260. The van der Waals surface area contributed by atoms with E-state index in [-0.39, 0.29) is 16.6 Å². The van der Waals surface area contributed by atoms with Crippen molar-refractivity contribution in [3.05, 3.63) is 65.5 Å². The van der Waals surface area contributed by atoms with Crippen LogP contribution in [-0.2, 0) is 14.8 Å². The maximum atomic E-state index is 12.6. The molecule has 0 radical (unpaired) electrons. The highest BCUT2D eigenvalue weighted by Gasteiger charge is 2.31. The topological polar surface area (TPSA) is 114 Å². The Morgan fingerprint density at radius 2 is 1.93 bits per heavy atom. The van der Waals surface area contributed by atoms with E-state index in [2.05, 4.69) is 20.0 Å². The van der Waals surface area contributed by atoms with Gasteiger partial charge in [0.05, 0.1) is 10.6 Å². The summed E-state index contributed by atoms with van der Waals surface area (Å²) in [6, 6.07) is 12.8. The molecule has 2 aromatic carbocycles. The van der Waals surface area contributed by atoms with Crippen molar-refractivity contribution in [2.45, 2.75) is 31.7 Å². The molecule has 0 spiro atoms. The highest BCUT2D eigenvalue weighted by molar-refractivity contribution is 7.90. The molecule has 0 saturated heterocycles. The average molecular weight is 424 g/mol. The number of amides is 1. The Morgan fingerprint density at radius 3 is 2.67 bits per heavy atom. The maximum Gasteiger partial charge on any atom is 0.263 e. The van der Waals surface area contributed by atoms with Crippen molar-refractivity contribution in [3.63, 3.8) is 0 Å². The van der Waals surface area contributed by atoms with Crippen molar-refractivity contribution in [2.75, 3.05) is 5.32 Å². The van der Waals surface area contributed by atoms with Crippen LogP contribution in [0.3, 0.4) is 0 Å². The summed E-state index contributed by atoms with van der Waals surface area (Å²) >= 11 is 0. The monoisotopic (exact) mass is 424 g/mol. The maximum absolute atomic E-state index is 12.6. The molecule has 0 saturated carbocycles. The number of hydrogen-bond acceptors (Lipinski definition) is 6. The third-order valence-corrected chi connectivity index (χ3v) is 6.17. The fourth-order valence-corrected chi connectivity index (χ4v) is 4.29. The molecule has 8 nitrogen and oxygen atoms in total. The molecule has 1 aliphatic heterocycles. The van der Waals surface area contributed by atoms with Crippen LogP contribution in [0, 0.1) is 13.8 Å². The van der Waals surface area contributed by atoms with Gasteiger partial charge in [-0.2, -0.15) is 0 Å². The Morgan fingerprint density at radius 1 is 1.17 bits per heavy atom. The summed E-state index contributed by atoms with van der Waals surface area (Å²) in [5, 5.41) is 2.80. The first-order valence-electron chi connectivity index (χ1n) is 9.30. The Labute approximate surface area is 174 Å². The van der Waals surface area contributed by atoms with Crippen LogP contribution in [0.15, 0.2) is 62.8 Å². The summed E-state index contributed by atoms with van der Waals surface area (Å²) in [6.07, 6.45) is 0. The van der Waals surface area contributed by atoms with Gasteiger partial charge in [-0.3, -0.25) is 14.5 Å². The van der Waals surface area contributed by atoms with Gasteiger partial charge < -0.3 is 9.73 Å². The zero-order chi connectivity index (χ0) is 21.5. The van der Waals surface area contributed by atoms with Crippen molar-refractivity contribution in [1.29, 1.82) is 0 Å². The first kappa shape index (κ1) is 19.8. The zero-order valence-corrected chi connectivity index (χ0v) is 17.4. The van der Waals surface area contributed by atoms with Gasteiger partial charge in [0.1, 0.15) is 17.6 Å². The standard InChI is InChI=1S/C21H20N4O4S/c1-12-14(3)29-21(23-12)15-7-6-8-16(11-15)24-20(26)13(2)22-19-17-9-4-5-10-18(17)30(27,28)25-19/h4-11,13H,1-3H3,(H,22,25)(H,24,26)/t13-/m0/s1. The normalized spacial score (nSPS) is 16.7. The number of aryl methyl sites for hydroxylation is 2. The van der Waals surface area contributed by atoms with E-state index >= 15 is 0 Å². The lowest BCUT2D eigenvalue weighted by Crippen LogP contribution is -2.28. The molecule has 154 valence electrons. The second kappa shape index (κ2) is 7.42. The van der Waals surface area contributed by atoms with E-state index in [9.17, 15) is 13.2 Å². The minimum atomic E-state index is -3.65. The van der Waals surface area contributed by atoms with Crippen LogP contribution in [0.2, 0.25) is 0 Å². The number of hydrogen-bond donors (Lipinski definition) is 2. The van der Waals surface area contributed by atoms with E-state index in [0.717, 1.165) is 17.0 Å². The zero-order valence-electron chi connectivity index (χ0n) is 16.6. The van der Waals surface area contributed by atoms with Crippen molar-refractivity contribution >= 4 is 27.5 Å². The lowest BCUT2D eigenvalue weighted by atomic mass is 10.2. The van der Waals surface area contributed by atoms with E-state index in [4.69, 9.17) is 4.42 Å². The van der Waals surface area contributed by atoms with Crippen LogP contribution in [0.4, 0.5) is 5.69 Å². The molecule has 0 unspecified atom stereocenters. The van der Waals surface area contributed by atoms with Crippen molar-refractivity contribution in [2.24, 2.45) is 4.99 Å². The van der Waals surface area contributed by atoms with E-state index < -0.39 is 16.1 Å². The minimum absolute atomic E-state index is 0.153. The largest absolute Gasteiger partial charge is 0.441 e. The molecule has 2 N–H and O–H groups in total. The molecule has 0 bridgehead atoms. The SMILES string of the molecule is Cc1nc(-c2cccc(NC(=O)[C@H](C)N=C3NS(=O)(=O)c4ccccc43)c2)oc1C. The van der Waals surface area contributed by atoms with Crippen molar-refractivity contribution < 1.29 is 17.6 Å². The Hall–Kier alpha value is -3.46. The molecule has 4 rings (SSSR count). The van der Waals surface area contributed by atoms with Crippen LogP contribution in [0.1, 0.15) is 23.9 Å². The predicted molar refractivity (Wildman–Crippen MR) is 113 cm³/mol. The number of carbonyl (C=O) groups is 1. The lowest BCUT2D eigenvalue weighted by Gasteiger charge is -2.10. The second-order valence-corrected chi connectivity index (χ2v) is 8.64. The van der Waals surface area contributed by atoms with Gasteiger partial charge in [-0.25, -0.2) is 13.4 Å². The Balaban J connectivity index is 1.54. The number of oxazole rings is 1. The molecule has 1 amide bonds. The number of rotatable bonds is 4. The number of benzene rings is 2. The molecule has 30 heavy (non-hydrogen) atoms. The number of nitrogens with zero attached hydrogens (tertiary/aromatic N) is 2. The van der Waals surface area contributed by atoms with Gasteiger partial charge in [-0.1, -0.05) is 18.2 Å². The van der Waals surface area contributed by atoms with Crippen LogP contribution < -0.4 is 10.0 Å². The Kier molecular flexibility index (Phi) is 4.90. The van der Waals surface area contributed by atoms with Crippen molar-refractivity contribution in [3.8, 4) is 11.5 Å². The second-order valence-electron chi connectivity index (χ2n) is 6.99. The minimum Gasteiger partial charge on any atom is -0.441 e. The quantitative estimate of drug-likeness (QED) is 0.668. The van der Waals surface area contributed by atoms with Gasteiger partial charge in [0.25, 0.3) is 10.0 Å². The van der Waals surface area contributed by atoms with Gasteiger partial charge in [-0.05, 0) is 51.1 Å². The molecule has 2 heterocycles. The first-order valence-corrected chi connectivity index (χ1v) is 10.8. The van der Waals surface area contributed by atoms with Gasteiger partial charge >= 0.3 is 0 Å². The third-order valence-electron chi connectivity index (χ3n) is 4.77. The summed E-state index contributed by atoms with van der Waals surface area (Å²) in [5.74, 6) is 1.00. The summed E-state index contributed by atoms with van der Waals surface area (Å²) in [5.41, 5.74) is 2.56. The molecular weight excluding hydrogens is 404 g/mol. The number of fused-ring (bicyclic) bond motifs is 1. The van der Waals surface area contributed by atoms with Crippen LogP contribution in [-0.4, -0.2) is 31.2 Å². The van der Waals surface area contributed by atoms with Gasteiger partial charge in [-0.15, -0.1) is 0 Å². The number of aliphatic imine (C=N–C) groups is 1. The predicted octanol–water partition coefficient (Wildman–Crippen LogP) is 3.02. The number of sulfonamides is 1. The fraction of sp³-hybridized carbons (Fsp3) is 0.190. The molecule has 1 atom stereocenters. The smallest absolute Gasteiger partial charge is 0.263 e. The summed E-state index contributed by atoms with van der Waals surface area (Å²) < 4.78 is 32.4. The molecular formula is C21H20N4O4S. The number of nitrogens with one attached hydrogen (secondary N) is 2. The van der Waals surface area contributed by atoms with Crippen LogP contribution in [0.25, 0.3) is 11.5 Å². The number of carbonyl (C=O) groups excluding carboxylic acids is 1. The molecule has 3 aromatic rings. The number of aromatic nitrogens is 1. The van der Waals surface area contributed by atoms with E-state index in [0.29, 0.717) is 17.1 Å². The highest BCUT2D eigenvalue weighted by atomic mass is 32.2. The van der Waals surface area contributed by atoms with Crippen LogP contribution in [0.5, 0.6) is 0 Å². The van der Waals surface area contributed by atoms with E-state index in [1.807, 2.05) is 19.9 Å². The fourth-order valence-electron chi connectivity index (χ4n) is 3.05. The molecule has 1 aliphatic rings. The molecule has 9 heteroatoms. The van der Waals surface area contributed by atoms with E-state index in [1.54, 1.807) is 43.3 Å². The average Bonchev–Trinajstić information content (AvgIpc) is 3.18. The molecule has 0 aliphatic carbocycles. The summed E-state index contributed by atoms with van der Waals surface area (Å²) in [6.45, 7) is 5.31. The van der Waals surface area contributed by atoms with Crippen molar-refractivity contribution in [1.82, 2.24) is 9.71 Å². The van der Waals surface area contributed by atoms with E-state index in [1.165, 1.54) is 6.07 Å². The summed E-state index contributed by atoms with van der Waals surface area (Å²) in [4.78, 5) is 21.5. The number of amidine groups is 1. The van der Waals surface area contributed by atoms with Gasteiger partial charge in [0.2, 0.25) is 11.8 Å². The number of anilines is 1. The highest BCUT2D eigenvalue weighted by Crippen LogP contribution is 2.25.